The van der Waals surface area contributed by atoms with Gasteiger partial charge in [-0.1, -0.05) is 18.2 Å². The van der Waals surface area contributed by atoms with Crippen LogP contribution < -0.4 is 20.5 Å². The molecule has 0 heterocycles. The summed E-state index contributed by atoms with van der Waals surface area (Å²) in [5.41, 5.74) is 6.53. The molecule has 0 saturated heterocycles. The molecule has 3 rings (SSSR count). The lowest BCUT2D eigenvalue weighted by atomic mass is 10.1. The van der Waals surface area contributed by atoms with Gasteiger partial charge in [-0.25, -0.2) is 4.99 Å². The number of nitrogens with one attached hydrogen (secondary N) is 1. The molecule has 0 aromatic heterocycles. The number of nitrogens with zero attached hydrogens (tertiary/aromatic N) is 1. The highest BCUT2D eigenvalue weighted by molar-refractivity contribution is 5.92. The van der Waals surface area contributed by atoms with Crippen LogP contribution in [0.3, 0.4) is 0 Å². The lowest BCUT2D eigenvalue weighted by Crippen LogP contribution is -2.23. The van der Waals surface area contributed by atoms with E-state index in [-0.39, 0.29) is 29.4 Å². The summed E-state index contributed by atoms with van der Waals surface area (Å²) in [4.78, 5) is 4.20. The summed E-state index contributed by atoms with van der Waals surface area (Å²) in [6.07, 6.45) is -9.10. The quantitative estimate of drug-likeness (QED) is 0.416. The van der Waals surface area contributed by atoms with E-state index in [1.165, 1.54) is 30.3 Å². The first-order chi connectivity index (χ1) is 13.5. The Bertz CT molecular complexity index is 880. The number of anilines is 1. The third-order valence-corrected chi connectivity index (χ3v) is 3.97. The number of aliphatic imine (C=N–C) groups is 1. The van der Waals surface area contributed by atoms with Crippen LogP contribution in [0.2, 0.25) is 0 Å². The van der Waals surface area contributed by atoms with Gasteiger partial charge in [0.05, 0.1) is 6.04 Å². The second-order valence-corrected chi connectivity index (χ2v) is 6.21. The summed E-state index contributed by atoms with van der Waals surface area (Å²) in [5, 5.41) is 2.71. The van der Waals surface area contributed by atoms with E-state index in [4.69, 9.17) is 5.73 Å². The summed E-state index contributed by atoms with van der Waals surface area (Å²) in [5.74, 6) is -0.968. The minimum atomic E-state index is -4.80. The van der Waals surface area contributed by atoms with Gasteiger partial charge in [-0.2, -0.15) is 0 Å². The lowest BCUT2D eigenvalue weighted by molar-refractivity contribution is -0.275. The van der Waals surface area contributed by atoms with Crippen LogP contribution in [0.15, 0.2) is 53.5 Å². The molecule has 0 aliphatic heterocycles. The van der Waals surface area contributed by atoms with Gasteiger partial charge in [-0.05, 0) is 42.3 Å². The highest BCUT2D eigenvalue weighted by Crippen LogP contribution is 2.47. The molecule has 11 heteroatoms. The van der Waals surface area contributed by atoms with Gasteiger partial charge in [0.25, 0.3) is 0 Å². The second kappa shape index (κ2) is 7.72. The van der Waals surface area contributed by atoms with Crippen molar-refractivity contribution in [2.75, 3.05) is 5.32 Å². The zero-order valence-corrected chi connectivity index (χ0v) is 14.6. The largest absolute Gasteiger partial charge is 0.573 e. The molecule has 1 aliphatic rings. The molecule has 0 spiro atoms. The predicted octanol–water partition coefficient (Wildman–Crippen LogP) is 4.77. The van der Waals surface area contributed by atoms with Crippen LogP contribution in [0.25, 0.3) is 0 Å². The lowest BCUT2D eigenvalue weighted by Gasteiger charge is -2.12. The van der Waals surface area contributed by atoms with E-state index in [2.05, 4.69) is 19.8 Å². The number of rotatable bonds is 5. The van der Waals surface area contributed by atoms with E-state index in [0.717, 1.165) is 12.1 Å². The van der Waals surface area contributed by atoms with Crippen molar-refractivity contribution < 1.29 is 35.8 Å². The molecule has 2 aromatic carbocycles. The van der Waals surface area contributed by atoms with Gasteiger partial charge in [0, 0.05) is 11.6 Å². The van der Waals surface area contributed by atoms with E-state index in [0.29, 0.717) is 17.7 Å². The van der Waals surface area contributed by atoms with E-state index in [9.17, 15) is 26.3 Å². The Labute approximate surface area is 161 Å². The van der Waals surface area contributed by atoms with Crippen LogP contribution in [-0.4, -0.2) is 24.7 Å². The van der Waals surface area contributed by atoms with Crippen molar-refractivity contribution in [2.45, 2.75) is 31.1 Å². The highest BCUT2D eigenvalue weighted by Gasteiger charge is 2.42. The summed E-state index contributed by atoms with van der Waals surface area (Å²) < 4.78 is 81.8. The maximum absolute atomic E-state index is 12.5. The van der Waals surface area contributed by atoms with Crippen molar-refractivity contribution in [1.82, 2.24) is 0 Å². The molecule has 0 amide bonds. The molecular weight excluding hydrogens is 404 g/mol. The molecule has 0 radical (unpaired) electrons. The molecule has 1 aliphatic carbocycles. The fraction of sp³-hybridized carbons (Fsp3) is 0.278. The molecular formula is C18H15F6N3O2. The Morgan fingerprint density at radius 3 is 2.17 bits per heavy atom. The molecule has 1 fully saturated rings. The van der Waals surface area contributed by atoms with Gasteiger partial charge in [0.15, 0.2) is 5.96 Å². The number of benzene rings is 2. The fourth-order valence-electron chi connectivity index (χ4n) is 2.76. The number of nitrogens with two attached hydrogens (primary N) is 1. The predicted molar refractivity (Wildman–Crippen MR) is 92.6 cm³/mol. The van der Waals surface area contributed by atoms with Crippen molar-refractivity contribution in [3.63, 3.8) is 0 Å². The first-order valence-corrected chi connectivity index (χ1v) is 8.31. The molecule has 1 saturated carbocycles. The smallest absolute Gasteiger partial charge is 0.406 e. The minimum absolute atomic E-state index is 0.0174. The third-order valence-electron chi connectivity index (χ3n) is 3.97. The second-order valence-electron chi connectivity index (χ2n) is 6.21. The summed E-state index contributed by atoms with van der Waals surface area (Å²) in [7, 11) is 0. The third kappa shape index (κ3) is 6.19. The Morgan fingerprint density at radius 2 is 1.55 bits per heavy atom. The van der Waals surface area contributed by atoms with E-state index >= 15 is 0 Å². The van der Waals surface area contributed by atoms with Crippen molar-refractivity contribution in [3.8, 4) is 11.5 Å². The van der Waals surface area contributed by atoms with E-state index in [1.807, 2.05) is 0 Å². The van der Waals surface area contributed by atoms with Crippen LogP contribution in [0.4, 0.5) is 32.0 Å². The minimum Gasteiger partial charge on any atom is -0.406 e. The number of para-hydroxylation sites is 1. The summed E-state index contributed by atoms with van der Waals surface area (Å²) >= 11 is 0. The maximum atomic E-state index is 12.5. The number of hydrogen-bond acceptors (Lipinski definition) is 3. The van der Waals surface area contributed by atoms with E-state index < -0.39 is 12.7 Å². The van der Waals surface area contributed by atoms with Gasteiger partial charge >= 0.3 is 12.7 Å². The topological polar surface area (TPSA) is 68.9 Å². The van der Waals surface area contributed by atoms with Gasteiger partial charge in [0.1, 0.15) is 11.5 Å². The number of ether oxygens (including phenoxy) is 2. The molecule has 156 valence electrons. The van der Waals surface area contributed by atoms with E-state index in [1.54, 1.807) is 6.07 Å². The van der Waals surface area contributed by atoms with Crippen molar-refractivity contribution in [1.29, 1.82) is 0 Å². The molecule has 2 atom stereocenters. The van der Waals surface area contributed by atoms with Gasteiger partial charge < -0.3 is 20.5 Å². The van der Waals surface area contributed by atoms with Crippen molar-refractivity contribution >= 4 is 11.6 Å². The Morgan fingerprint density at radius 1 is 0.931 bits per heavy atom. The van der Waals surface area contributed by atoms with Gasteiger partial charge in [-0.3, -0.25) is 0 Å². The van der Waals surface area contributed by atoms with Crippen LogP contribution in [-0.2, 0) is 0 Å². The Hall–Kier alpha value is -3.11. The number of hydrogen-bond donors (Lipinski definition) is 2. The standard InChI is InChI=1S/C18H15F6N3O2/c19-17(20,21)28-11-7-5-10(6-8-11)26-16(25)27-14-9-13(14)12-3-1-2-4-15(12)29-18(22,23)24/h1-8,13-14H,9H2,(H3,25,26,27). The molecule has 29 heavy (non-hydrogen) atoms. The normalized spacial score (nSPS) is 19.6. The fourth-order valence-corrected chi connectivity index (χ4v) is 2.76. The SMILES string of the molecule is NC(=NC1CC1c1ccccc1OC(F)(F)F)Nc1ccc(OC(F)(F)F)cc1. The molecule has 5 nitrogen and oxygen atoms in total. The van der Waals surface area contributed by atoms with Crippen LogP contribution >= 0.6 is 0 Å². The molecule has 2 unspecified atom stereocenters. The first-order valence-electron chi connectivity index (χ1n) is 8.31. The zero-order valence-electron chi connectivity index (χ0n) is 14.6. The number of alkyl halides is 6. The van der Waals surface area contributed by atoms with Gasteiger partial charge in [0.2, 0.25) is 0 Å². The van der Waals surface area contributed by atoms with Crippen molar-refractivity contribution in [2.24, 2.45) is 10.7 Å². The Kier molecular flexibility index (Phi) is 5.49. The van der Waals surface area contributed by atoms with Crippen LogP contribution in [0.1, 0.15) is 17.9 Å². The summed E-state index contributed by atoms with van der Waals surface area (Å²) in [6, 6.07) is 10.3. The molecule has 3 N–H and O–H groups in total. The first kappa shape index (κ1) is 20.6. The molecule has 0 bridgehead atoms. The Balaban J connectivity index is 1.62. The monoisotopic (exact) mass is 419 g/mol. The summed E-state index contributed by atoms with van der Waals surface area (Å²) in [6.45, 7) is 0. The van der Waals surface area contributed by atoms with Crippen LogP contribution in [0, 0.1) is 0 Å². The zero-order chi connectivity index (χ0) is 21.2. The van der Waals surface area contributed by atoms with Crippen LogP contribution in [0.5, 0.6) is 11.5 Å². The molecule has 2 aromatic rings. The number of halogens is 6. The average Bonchev–Trinajstić information content (AvgIpc) is 3.33. The maximum Gasteiger partial charge on any atom is 0.573 e. The van der Waals surface area contributed by atoms with Crippen molar-refractivity contribution in [3.05, 3.63) is 54.1 Å². The highest BCUT2D eigenvalue weighted by atomic mass is 19.4. The average molecular weight is 419 g/mol. The number of guanidine groups is 1. The van der Waals surface area contributed by atoms with Gasteiger partial charge in [-0.15, -0.1) is 26.3 Å².